The van der Waals surface area contributed by atoms with Gasteiger partial charge in [0.15, 0.2) is 0 Å². The molecule has 0 bridgehead atoms. The Morgan fingerprint density at radius 2 is 1.69 bits per heavy atom. The van der Waals surface area contributed by atoms with E-state index in [1.165, 1.54) is 84.1 Å². The van der Waals surface area contributed by atoms with E-state index in [-0.39, 0.29) is 0 Å². The Balaban J connectivity index is 0.000000779. The molecule has 0 fully saturated rings. The minimum absolute atomic E-state index is 0.390. The second-order valence-corrected chi connectivity index (χ2v) is 11.1. The molecule has 1 atom stereocenters. The molecule has 2 aromatic rings. The van der Waals surface area contributed by atoms with E-state index in [0.717, 1.165) is 17.1 Å². The van der Waals surface area contributed by atoms with Gasteiger partial charge in [-0.05, 0) is 66.9 Å². The van der Waals surface area contributed by atoms with E-state index >= 15 is 0 Å². The first-order chi connectivity index (χ1) is 17.1. The van der Waals surface area contributed by atoms with Crippen LogP contribution in [0.4, 0.5) is 3.89 Å². The Kier molecular flexibility index (Phi) is 17.1. The number of thiophene rings is 1. The third kappa shape index (κ3) is 10.3. The summed E-state index contributed by atoms with van der Waals surface area (Å²) in [7, 11) is 0. The summed E-state index contributed by atoms with van der Waals surface area (Å²) in [6.45, 7) is 15.2. The molecule has 1 unspecified atom stereocenters. The van der Waals surface area contributed by atoms with Gasteiger partial charge >= 0.3 is 0 Å². The lowest BCUT2D eigenvalue weighted by atomic mass is 9.83. The molecule has 0 amide bonds. The minimum Gasteiger partial charge on any atom is -0.159 e. The van der Waals surface area contributed by atoms with E-state index in [0.29, 0.717) is 18.1 Å². The maximum atomic E-state index is 13.5. The first kappa shape index (κ1) is 31.7. The van der Waals surface area contributed by atoms with Gasteiger partial charge < -0.3 is 0 Å². The number of hydrogen-bond acceptors (Lipinski definition) is 2. The van der Waals surface area contributed by atoms with Crippen LogP contribution in [0.25, 0.3) is 5.57 Å². The number of halogens is 1. The highest BCUT2D eigenvalue weighted by atomic mass is 32.2. The molecule has 0 radical (unpaired) electrons. The molecular weight excluding hydrogens is 467 g/mol. The molecule has 3 rings (SSSR count). The Morgan fingerprint density at radius 1 is 1.00 bits per heavy atom. The largest absolute Gasteiger partial charge is 0.159 e. The molecule has 0 aliphatic heterocycles. The molecule has 0 saturated heterocycles. The molecule has 1 aliphatic rings. The topological polar surface area (TPSA) is 0 Å². The van der Waals surface area contributed by atoms with E-state index in [1.54, 1.807) is 11.3 Å². The molecule has 0 nitrogen and oxygen atoms in total. The van der Waals surface area contributed by atoms with Gasteiger partial charge in [0.25, 0.3) is 0 Å². The lowest BCUT2D eigenvalue weighted by Gasteiger charge is -2.23. The summed E-state index contributed by atoms with van der Waals surface area (Å²) in [6.07, 6.45) is 17.0. The molecule has 1 aromatic carbocycles. The van der Waals surface area contributed by atoms with Crippen molar-refractivity contribution in [3.8, 4) is 0 Å². The van der Waals surface area contributed by atoms with Crippen molar-refractivity contribution in [1.82, 2.24) is 0 Å². The van der Waals surface area contributed by atoms with Crippen LogP contribution >= 0.6 is 23.5 Å². The quantitative estimate of drug-likeness (QED) is 0.283. The third-order valence-electron chi connectivity index (χ3n) is 6.39. The van der Waals surface area contributed by atoms with Crippen molar-refractivity contribution in [2.24, 2.45) is 5.92 Å². The van der Waals surface area contributed by atoms with Gasteiger partial charge in [0.2, 0.25) is 0 Å². The molecule has 196 valence electrons. The van der Waals surface area contributed by atoms with Crippen molar-refractivity contribution in [3.05, 3.63) is 69.6 Å². The van der Waals surface area contributed by atoms with Gasteiger partial charge in [0, 0.05) is 10.5 Å². The molecule has 0 saturated carbocycles. The molecule has 3 heteroatoms. The molecule has 1 aromatic heterocycles. The molecule has 0 spiro atoms. The summed E-state index contributed by atoms with van der Waals surface area (Å²) >= 11 is 2.02. The second-order valence-electron chi connectivity index (χ2n) is 9.19. The monoisotopic (exact) mass is 516 g/mol. The Labute approximate surface area is 224 Å². The predicted molar refractivity (Wildman–Crippen MR) is 160 cm³/mol. The summed E-state index contributed by atoms with van der Waals surface area (Å²) < 4.78 is 14.3. The van der Waals surface area contributed by atoms with Crippen molar-refractivity contribution >= 4 is 29.1 Å². The Hall–Kier alpha value is -1.32. The third-order valence-corrected chi connectivity index (χ3v) is 8.09. The average Bonchev–Trinajstić information content (AvgIpc) is 3.29. The highest BCUT2D eigenvalue weighted by Gasteiger charge is 2.23. The molecule has 0 N–H and O–H groups in total. The lowest BCUT2D eigenvalue weighted by Crippen LogP contribution is -2.07. The summed E-state index contributed by atoms with van der Waals surface area (Å²) in [5.41, 5.74) is 6.64. The van der Waals surface area contributed by atoms with Crippen LogP contribution in [-0.2, 0) is 6.42 Å². The number of rotatable bonds is 10. The van der Waals surface area contributed by atoms with Crippen LogP contribution < -0.4 is 0 Å². The number of allylic oxidation sites excluding steroid dienone is 3. The smallest absolute Gasteiger partial charge is 0.0939 e. The van der Waals surface area contributed by atoms with Crippen molar-refractivity contribution in [2.45, 2.75) is 117 Å². The first-order valence-corrected chi connectivity index (χ1v) is 15.5. The van der Waals surface area contributed by atoms with Crippen LogP contribution in [0.2, 0.25) is 0 Å². The fraction of sp³-hybridized carbons (Fsp3) is 0.562. The SMILES string of the molecule is CC.CCCCC.CCCCCCc1cc(SF)sc1/C(=C1\C=CCCC1C)c1ccccc1C. The van der Waals surface area contributed by atoms with Crippen LogP contribution in [-0.4, -0.2) is 0 Å². The van der Waals surface area contributed by atoms with Gasteiger partial charge in [0.1, 0.15) is 0 Å². The van der Waals surface area contributed by atoms with Gasteiger partial charge in [-0.1, -0.05) is 116 Å². The van der Waals surface area contributed by atoms with Gasteiger partial charge in [0.05, 0.1) is 16.4 Å². The van der Waals surface area contributed by atoms with Crippen LogP contribution in [0.5, 0.6) is 0 Å². The Morgan fingerprint density at radius 3 is 2.26 bits per heavy atom. The van der Waals surface area contributed by atoms with Crippen LogP contribution in [0, 0.1) is 12.8 Å². The van der Waals surface area contributed by atoms with Crippen molar-refractivity contribution < 1.29 is 3.89 Å². The van der Waals surface area contributed by atoms with Gasteiger partial charge in [-0.2, -0.15) is 3.89 Å². The fourth-order valence-corrected chi connectivity index (χ4v) is 5.99. The highest BCUT2D eigenvalue weighted by Crippen LogP contribution is 2.43. The van der Waals surface area contributed by atoms with E-state index in [4.69, 9.17) is 0 Å². The van der Waals surface area contributed by atoms with Gasteiger partial charge in [-0.15, -0.1) is 11.3 Å². The van der Waals surface area contributed by atoms with Gasteiger partial charge in [-0.25, -0.2) is 0 Å². The minimum atomic E-state index is 0.390. The van der Waals surface area contributed by atoms with E-state index in [2.05, 4.69) is 77.1 Å². The number of aryl methyl sites for hydroxylation is 2. The second kappa shape index (κ2) is 18.9. The standard InChI is InChI=1S/C25H31FS2.C5H12.C2H6/c1-4-5-6-7-14-20-17-23(28-26)27-25(20)24(21-15-10-8-12-18(21)2)22-16-11-9-13-19(22)3;1-3-5-4-2;1-2/h8,10-12,15-17,19H,4-7,9,13-14H2,1-3H3;3-5H2,1-2H3;1-2H3/b24-22+;;. The summed E-state index contributed by atoms with van der Waals surface area (Å²) in [6, 6.07) is 10.7. The predicted octanol–water partition coefficient (Wildman–Crippen LogP) is 12.2. The zero-order valence-electron chi connectivity index (χ0n) is 23.4. The van der Waals surface area contributed by atoms with E-state index in [9.17, 15) is 3.89 Å². The molecular formula is C32H49FS2. The van der Waals surface area contributed by atoms with E-state index in [1.807, 2.05) is 13.8 Å². The number of hydrogen-bond donors (Lipinski definition) is 0. The number of unbranched alkanes of at least 4 members (excludes halogenated alkanes) is 5. The summed E-state index contributed by atoms with van der Waals surface area (Å²) in [4.78, 5) is 1.28. The van der Waals surface area contributed by atoms with Crippen LogP contribution in [0.15, 0.2) is 52.3 Å². The summed E-state index contributed by atoms with van der Waals surface area (Å²) in [5.74, 6) is 0.524. The van der Waals surface area contributed by atoms with E-state index < -0.39 is 0 Å². The zero-order valence-corrected chi connectivity index (χ0v) is 25.0. The van der Waals surface area contributed by atoms with Crippen molar-refractivity contribution in [2.75, 3.05) is 0 Å². The maximum absolute atomic E-state index is 13.5. The molecule has 35 heavy (non-hydrogen) atoms. The molecule has 1 aliphatic carbocycles. The van der Waals surface area contributed by atoms with Crippen LogP contribution in [0.3, 0.4) is 0 Å². The average molecular weight is 517 g/mol. The maximum Gasteiger partial charge on any atom is 0.0939 e. The van der Waals surface area contributed by atoms with Gasteiger partial charge in [-0.3, -0.25) is 0 Å². The Bertz CT molecular complexity index is 889. The first-order valence-electron chi connectivity index (χ1n) is 14.0. The van der Waals surface area contributed by atoms with Crippen molar-refractivity contribution in [1.29, 1.82) is 0 Å². The summed E-state index contributed by atoms with van der Waals surface area (Å²) in [5, 5.41) is 0. The fourth-order valence-electron chi connectivity index (χ4n) is 4.40. The zero-order chi connectivity index (χ0) is 26.1. The van der Waals surface area contributed by atoms with Crippen molar-refractivity contribution in [3.63, 3.8) is 0 Å². The molecule has 1 heterocycles. The lowest BCUT2D eigenvalue weighted by molar-refractivity contribution is 0.619. The number of benzene rings is 1. The van der Waals surface area contributed by atoms with Crippen LogP contribution in [0.1, 0.15) is 121 Å². The highest BCUT2D eigenvalue weighted by molar-refractivity contribution is 7.96. The normalized spacial score (nSPS) is 16.2.